The van der Waals surface area contributed by atoms with E-state index in [0.29, 0.717) is 13.2 Å². The van der Waals surface area contributed by atoms with Crippen LogP contribution in [-0.4, -0.2) is 13.7 Å². The van der Waals surface area contributed by atoms with Gasteiger partial charge in [-0.1, -0.05) is 35.0 Å². The zero-order valence-corrected chi connectivity index (χ0v) is 13.9. The summed E-state index contributed by atoms with van der Waals surface area (Å²) in [6, 6.07) is 13.6. The highest BCUT2D eigenvalue weighted by molar-refractivity contribution is 9.10. The molecule has 0 radical (unpaired) electrons. The van der Waals surface area contributed by atoms with E-state index in [9.17, 15) is 0 Å². The van der Waals surface area contributed by atoms with Gasteiger partial charge in [0, 0.05) is 10.0 Å². The van der Waals surface area contributed by atoms with Crippen LogP contribution in [0.1, 0.15) is 18.9 Å². The Hall–Kier alpha value is -1.68. The van der Waals surface area contributed by atoms with Gasteiger partial charge in [-0.15, -0.1) is 0 Å². The SMILES string of the molecule is CCCOc1ccccc1OCc1cc(Br)ccc1OC. The topological polar surface area (TPSA) is 27.7 Å². The fraction of sp³-hybridized carbons (Fsp3) is 0.294. The third kappa shape index (κ3) is 4.39. The molecule has 0 heterocycles. The Labute approximate surface area is 134 Å². The van der Waals surface area contributed by atoms with Crippen molar-refractivity contribution in [2.75, 3.05) is 13.7 Å². The van der Waals surface area contributed by atoms with Gasteiger partial charge in [0.2, 0.25) is 0 Å². The van der Waals surface area contributed by atoms with Crippen LogP contribution in [0.25, 0.3) is 0 Å². The van der Waals surface area contributed by atoms with E-state index >= 15 is 0 Å². The molecule has 112 valence electrons. The van der Waals surface area contributed by atoms with Crippen molar-refractivity contribution in [3.05, 3.63) is 52.5 Å². The van der Waals surface area contributed by atoms with Gasteiger partial charge in [0.15, 0.2) is 11.5 Å². The molecule has 0 bridgehead atoms. The molecular weight excluding hydrogens is 332 g/mol. The van der Waals surface area contributed by atoms with Gasteiger partial charge in [-0.3, -0.25) is 0 Å². The Morgan fingerprint density at radius 2 is 1.67 bits per heavy atom. The van der Waals surface area contributed by atoms with E-state index in [1.165, 1.54) is 0 Å². The first kappa shape index (κ1) is 15.7. The summed E-state index contributed by atoms with van der Waals surface area (Å²) in [6.07, 6.45) is 0.966. The minimum absolute atomic E-state index is 0.426. The molecule has 2 aromatic rings. The van der Waals surface area contributed by atoms with E-state index in [1.54, 1.807) is 7.11 Å². The van der Waals surface area contributed by atoms with Gasteiger partial charge in [-0.2, -0.15) is 0 Å². The summed E-state index contributed by atoms with van der Waals surface area (Å²) in [6.45, 7) is 3.19. The molecule has 21 heavy (non-hydrogen) atoms. The zero-order chi connectivity index (χ0) is 15.1. The molecule has 0 fully saturated rings. The summed E-state index contributed by atoms with van der Waals surface area (Å²) in [4.78, 5) is 0. The maximum atomic E-state index is 5.89. The van der Waals surface area contributed by atoms with Gasteiger partial charge in [0.1, 0.15) is 12.4 Å². The zero-order valence-electron chi connectivity index (χ0n) is 12.3. The van der Waals surface area contributed by atoms with Crippen LogP contribution < -0.4 is 14.2 Å². The monoisotopic (exact) mass is 350 g/mol. The quantitative estimate of drug-likeness (QED) is 0.715. The number of para-hydroxylation sites is 2. The molecule has 4 heteroatoms. The Morgan fingerprint density at radius 3 is 2.33 bits per heavy atom. The van der Waals surface area contributed by atoms with Crippen molar-refractivity contribution in [3.63, 3.8) is 0 Å². The number of halogens is 1. The highest BCUT2D eigenvalue weighted by Gasteiger charge is 2.08. The molecule has 0 saturated carbocycles. The molecule has 0 aliphatic rings. The standard InChI is InChI=1S/C17H19BrO3/c1-3-10-20-16-6-4-5-7-17(16)21-12-13-11-14(18)8-9-15(13)19-2/h4-9,11H,3,10,12H2,1-2H3. The lowest BCUT2D eigenvalue weighted by Crippen LogP contribution is -2.02. The Kier molecular flexibility index (Phi) is 5.93. The average molecular weight is 351 g/mol. The molecule has 0 saturated heterocycles. The van der Waals surface area contributed by atoms with Gasteiger partial charge in [-0.25, -0.2) is 0 Å². The highest BCUT2D eigenvalue weighted by Crippen LogP contribution is 2.29. The third-order valence-electron chi connectivity index (χ3n) is 2.94. The summed E-state index contributed by atoms with van der Waals surface area (Å²) in [5, 5.41) is 0. The number of rotatable bonds is 7. The smallest absolute Gasteiger partial charge is 0.161 e. The first-order chi connectivity index (χ1) is 10.2. The number of ether oxygens (including phenoxy) is 3. The van der Waals surface area contributed by atoms with Gasteiger partial charge < -0.3 is 14.2 Å². The lowest BCUT2D eigenvalue weighted by molar-refractivity contribution is 0.258. The Morgan fingerprint density at radius 1 is 0.952 bits per heavy atom. The molecule has 0 aromatic heterocycles. The van der Waals surface area contributed by atoms with Crippen LogP contribution in [0.15, 0.2) is 46.9 Å². The molecule has 0 spiro atoms. The van der Waals surface area contributed by atoms with E-state index in [2.05, 4.69) is 22.9 Å². The molecule has 0 amide bonds. The van der Waals surface area contributed by atoms with Crippen LogP contribution in [-0.2, 0) is 6.61 Å². The number of methoxy groups -OCH3 is 1. The molecule has 0 atom stereocenters. The summed E-state index contributed by atoms with van der Waals surface area (Å²) >= 11 is 3.46. The molecule has 2 rings (SSSR count). The molecule has 0 aliphatic carbocycles. The van der Waals surface area contributed by atoms with E-state index in [1.807, 2.05) is 42.5 Å². The van der Waals surface area contributed by atoms with Gasteiger partial charge >= 0.3 is 0 Å². The first-order valence-corrected chi connectivity index (χ1v) is 7.71. The fourth-order valence-electron chi connectivity index (χ4n) is 1.92. The minimum atomic E-state index is 0.426. The maximum absolute atomic E-state index is 5.89. The highest BCUT2D eigenvalue weighted by atomic mass is 79.9. The van der Waals surface area contributed by atoms with Gasteiger partial charge in [0.05, 0.1) is 13.7 Å². The summed E-state index contributed by atoms with van der Waals surface area (Å²) in [5.41, 5.74) is 0.983. The average Bonchev–Trinajstić information content (AvgIpc) is 2.52. The van der Waals surface area contributed by atoms with E-state index in [0.717, 1.165) is 33.7 Å². The number of benzene rings is 2. The predicted octanol–water partition coefficient (Wildman–Crippen LogP) is 4.83. The van der Waals surface area contributed by atoms with Gasteiger partial charge in [0.25, 0.3) is 0 Å². The molecule has 0 aliphatic heterocycles. The normalized spacial score (nSPS) is 10.2. The molecule has 0 N–H and O–H groups in total. The minimum Gasteiger partial charge on any atom is -0.496 e. The van der Waals surface area contributed by atoms with E-state index in [-0.39, 0.29) is 0 Å². The second-order valence-corrected chi connectivity index (χ2v) is 5.46. The number of hydrogen-bond acceptors (Lipinski definition) is 3. The largest absolute Gasteiger partial charge is 0.496 e. The second kappa shape index (κ2) is 7.93. The Bertz CT molecular complexity index is 584. The van der Waals surface area contributed by atoms with Crippen LogP contribution in [0.3, 0.4) is 0 Å². The van der Waals surface area contributed by atoms with Crippen molar-refractivity contribution >= 4 is 15.9 Å². The third-order valence-corrected chi connectivity index (χ3v) is 3.43. The van der Waals surface area contributed by atoms with Crippen LogP contribution in [0.5, 0.6) is 17.2 Å². The van der Waals surface area contributed by atoms with Crippen LogP contribution >= 0.6 is 15.9 Å². The molecule has 2 aromatic carbocycles. The fourth-order valence-corrected chi connectivity index (χ4v) is 2.32. The van der Waals surface area contributed by atoms with Gasteiger partial charge in [-0.05, 0) is 36.8 Å². The summed E-state index contributed by atoms with van der Waals surface area (Å²) in [7, 11) is 1.66. The van der Waals surface area contributed by atoms with Crippen molar-refractivity contribution < 1.29 is 14.2 Å². The lowest BCUT2D eigenvalue weighted by Gasteiger charge is -2.14. The molecule has 3 nitrogen and oxygen atoms in total. The maximum Gasteiger partial charge on any atom is 0.161 e. The van der Waals surface area contributed by atoms with E-state index in [4.69, 9.17) is 14.2 Å². The van der Waals surface area contributed by atoms with Crippen LogP contribution in [0, 0.1) is 0 Å². The first-order valence-electron chi connectivity index (χ1n) is 6.91. The van der Waals surface area contributed by atoms with Crippen molar-refractivity contribution in [2.24, 2.45) is 0 Å². The van der Waals surface area contributed by atoms with E-state index < -0.39 is 0 Å². The van der Waals surface area contributed by atoms with Crippen molar-refractivity contribution in [1.82, 2.24) is 0 Å². The lowest BCUT2D eigenvalue weighted by atomic mass is 10.2. The predicted molar refractivity (Wildman–Crippen MR) is 87.3 cm³/mol. The van der Waals surface area contributed by atoms with Crippen molar-refractivity contribution in [1.29, 1.82) is 0 Å². The van der Waals surface area contributed by atoms with Crippen LogP contribution in [0.4, 0.5) is 0 Å². The Balaban J connectivity index is 2.11. The summed E-state index contributed by atoms with van der Waals surface area (Å²) < 4.78 is 17.9. The number of hydrogen-bond donors (Lipinski definition) is 0. The van der Waals surface area contributed by atoms with Crippen molar-refractivity contribution in [3.8, 4) is 17.2 Å². The second-order valence-electron chi connectivity index (χ2n) is 4.54. The van der Waals surface area contributed by atoms with Crippen LogP contribution in [0.2, 0.25) is 0 Å². The summed E-state index contributed by atoms with van der Waals surface area (Å²) in [5.74, 6) is 2.33. The molecule has 0 unspecified atom stereocenters. The van der Waals surface area contributed by atoms with Crippen molar-refractivity contribution in [2.45, 2.75) is 20.0 Å². The molecular formula is C17H19BrO3.